The molecule has 0 saturated carbocycles. The summed E-state index contributed by atoms with van der Waals surface area (Å²) in [6.07, 6.45) is -4.17. The van der Waals surface area contributed by atoms with Gasteiger partial charge in [-0.15, -0.1) is 0 Å². The van der Waals surface area contributed by atoms with E-state index in [2.05, 4.69) is 14.8 Å². The van der Waals surface area contributed by atoms with E-state index < -0.39 is 29.2 Å². The lowest BCUT2D eigenvalue weighted by Gasteiger charge is -2.13. The predicted octanol–water partition coefficient (Wildman–Crippen LogP) is 3.97. The van der Waals surface area contributed by atoms with Gasteiger partial charge in [0.25, 0.3) is 0 Å². The molecular weight excluding hydrogens is 382 g/mol. The molecule has 28 heavy (non-hydrogen) atoms. The number of ether oxygens (including phenoxy) is 1. The highest BCUT2D eigenvalue weighted by Gasteiger charge is 2.41. The van der Waals surface area contributed by atoms with E-state index in [1.54, 1.807) is 0 Å². The largest absolute Gasteiger partial charge is 0.507 e. The Balaban J connectivity index is 2.15. The number of hydrogen-bond acceptors (Lipinski definition) is 5. The molecule has 1 aromatic carbocycles. The smallest absolute Gasteiger partial charge is 0.434 e. The van der Waals surface area contributed by atoms with Crippen LogP contribution in [0.25, 0.3) is 17.1 Å². The van der Waals surface area contributed by atoms with Crippen molar-refractivity contribution in [1.82, 2.24) is 14.8 Å². The molecule has 0 saturated heterocycles. The van der Waals surface area contributed by atoms with Crippen LogP contribution in [0.5, 0.6) is 5.75 Å². The number of phenolic OH excluding ortho intramolecular Hbond substituents is 1. The van der Waals surface area contributed by atoms with Gasteiger partial charge < -0.3 is 9.84 Å². The van der Waals surface area contributed by atoms with E-state index in [4.69, 9.17) is 0 Å². The summed E-state index contributed by atoms with van der Waals surface area (Å²) in [5.41, 5.74) is -2.08. The molecule has 0 bridgehead atoms. The van der Waals surface area contributed by atoms with Crippen molar-refractivity contribution in [1.29, 1.82) is 0 Å². The highest BCUT2D eigenvalue weighted by Crippen LogP contribution is 2.34. The standard InChI is InChI=1S/C18H13F4N3O3/c1-2-28-17(27)12-9-23-25(16(12)18(20,21)22)15-5-3-4-13(24-15)11-8-10(19)6-7-14(11)26/h3-9,26H,2H2,1H3. The van der Waals surface area contributed by atoms with Crippen LogP contribution >= 0.6 is 0 Å². The number of carbonyl (C=O) groups is 1. The average molecular weight is 395 g/mol. The molecule has 0 atom stereocenters. The molecule has 0 radical (unpaired) electrons. The monoisotopic (exact) mass is 395 g/mol. The Morgan fingerprint density at radius 3 is 2.68 bits per heavy atom. The Hall–Kier alpha value is -3.43. The molecule has 6 nitrogen and oxygen atoms in total. The first kappa shape index (κ1) is 19.3. The van der Waals surface area contributed by atoms with E-state index in [-0.39, 0.29) is 29.4 Å². The molecule has 0 aliphatic heterocycles. The number of benzene rings is 1. The number of carbonyl (C=O) groups excluding carboxylic acids is 1. The van der Waals surface area contributed by atoms with Gasteiger partial charge in [-0.25, -0.2) is 18.9 Å². The maximum atomic E-state index is 13.6. The number of nitrogens with zero attached hydrogens (tertiary/aromatic N) is 3. The van der Waals surface area contributed by atoms with Crippen molar-refractivity contribution < 1.29 is 32.2 Å². The molecule has 3 rings (SSSR count). The summed E-state index contributed by atoms with van der Waals surface area (Å²) in [4.78, 5) is 15.9. The Morgan fingerprint density at radius 2 is 2.00 bits per heavy atom. The summed E-state index contributed by atoms with van der Waals surface area (Å²) < 4.78 is 59.3. The van der Waals surface area contributed by atoms with Crippen LogP contribution < -0.4 is 0 Å². The molecule has 3 aromatic rings. The van der Waals surface area contributed by atoms with Gasteiger partial charge in [0, 0.05) is 5.56 Å². The highest BCUT2D eigenvalue weighted by atomic mass is 19.4. The molecule has 2 heterocycles. The van der Waals surface area contributed by atoms with Gasteiger partial charge in [0.2, 0.25) is 0 Å². The van der Waals surface area contributed by atoms with Gasteiger partial charge in [-0.1, -0.05) is 6.07 Å². The minimum Gasteiger partial charge on any atom is -0.507 e. The normalized spacial score (nSPS) is 11.5. The number of alkyl halides is 3. The quantitative estimate of drug-likeness (QED) is 0.534. The molecule has 2 aromatic heterocycles. The van der Waals surface area contributed by atoms with Gasteiger partial charge in [-0.2, -0.15) is 18.3 Å². The topological polar surface area (TPSA) is 77.2 Å². The molecule has 0 amide bonds. The van der Waals surface area contributed by atoms with Crippen LogP contribution in [0, 0.1) is 5.82 Å². The third-order valence-electron chi connectivity index (χ3n) is 3.72. The van der Waals surface area contributed by atoms with Crippen LogP contribution in [0.3, 0.4) is 0 Å². The van der Waals surface area contributed by atoms with Gasteiger partial charge in [0.15, 0.2) is 11.5 Å². The second kappa shape index (κ2) is 7.29. The third-order valence-corrected chi connectivity index (χ3v) is 3.72. The zero-order valence-corrected chi connectivity index (χ0v) is 14.4. The van der Waals surface area contributed by atoms with Gasteiger partial charge in [0.05, 0.1) is 18.5 Å². The second-order valence-corrected chi connectivity index (χ2v) is 5.58. The summed E-state index contributed by atoms with van der Waals surface area (Å²) in [6, 6.07) is 7.13. The van der Waals surface area contributed by atoms with Crippen molar-refractivity contribution in [2.45, 2.75) is 13.1 Å². The molecule has 0 unspecified atom stereocenters. The van der Waals surface area contributed by atoms with E-state index in [0.717, 1.165) is 24.4 Å². The number of aromatic nitrogens is 3. The first-order valence-corrected chi connectivity index (χ1v) is 8.01. The fraction of sp³-hybridized carbons (Fsp3) is 0.167. The number of rotatable bonds is 4. The number of hydrogen-bond donors (Lipinski definition) is 1. The number of esters is 1. The Bertz CT molecular complexity index is 1030. The number of aromatic hydroxyl groups is 1. The zero-order valence-electron chi connectivity index (χ0n) is 14.4. The molecular formula is C18H13F4N3O3. The minimum absolute atomic E-state index is 0.00631. The van der Waals surface area contributed by atoms with E-state index in [1.165, 1.54) is 25.1 Å². The fourth-order valence-electron chi connectivity index (χ4n) is 2.56. The van der Waals surface area contributed by atoms with Crippen LogP contribution in [0.15, 0.2) is 42.6 Å². The Morgan fingerprint density at radius 1 is 1.25 bits per heavy atom. The van der Waals surface area contributed by atoms with Crippen molar-refractivity contribution in [3.63, 3.8) is 0 Å². The Kier molecular flexibility index (Phi) is 5.04. The molecule has 0 fully saturated rings. The molecule has 1 N–H and O–H groups in total. The van der Waals surface area contributed by atoms with E-state index in [9.17, 15) is 27.5 Å². The summed E-state index contributed by atoms with van der Waals surface area (Å²) >= 11 is 0. The third kappa shape index (κ3) is 3.66. The summed E-state index contributed by atoms with van der Waals surface area (Å²) in [7, 11) is 0. The minimum atomic E-state index is -4.92. The maximum absolute atomic E-state index is 13.6. The molecule has 146 valence electrons. The van der Waals surface area contributed by atoms with Crippen molar-refractivity contribution >= 4 is 5.97 Å². The lowest BCUT2D eigenvalue weighted by atomic mass is 10.1. The van der Waals surface area contributed by atoms with Crippen LogP contribution in [0.1, 0.15) is 23.0 Å². The number of pyridine rings is 1. The van der Waals surface area contributed by atoms with Crippen molar-refractivity contribution in [3.05, 3.63) is 59.7 Å². The first-order valence-electron chi connectivity index (χ1n) is 8.01. The SMILES string of the molecule is CCOC(=O)c1cnn(-c2cccc(-c3cc(F)ccc3O)n2)c1C(F)(F)F. The summed E-state index contributed by atoms with van der Waals surface area (Å²) in [6.45, 7) is 1.36. The number of phenols is 1. The lowest BCUT2D eigenvalue weighted by molar-refractivity contribution is -0.143. The van der Waals surface area contributed by atoms with Gasteiger partial charge in [-0.05, 0) is 37.3 Å². The lowest BCUT2D eigenvalue weighted by Crippen LogP contribution is -2.19. The van der Waals surface area contributed by atoms with Crippen LogP contribution in [-0.2, 0) is 10.9 Å². The zero-order chi connectivity index (χ0) is 20.5. The van der Waals surface area contributed by atoms with Crippen LogP contribution in [-0.4, -0.2) is 32.4 Å². The molecule has 10 heteroatoms. The first-order chi connectivity index (χ1) is 13.2. The van der Waals surface area contributed by atoms with E-state index >= 15 is 0 Å². The predicted molar refractivity (Wildman–Crippen MR) is 89.4 cm³/mol. The van der Waals surface area contributed by atoms with Gasteiger partial charge >= 0.3 is 12.1 Å². The van der Waals surface area contributed by atoms with Crippen molar-refractivity contribution in [2.75, 3.05) is 6.61 Å². The second-order valence-electron chi connectivity index (χ2n) is 5.58. The summed E-state index contributed by atoms with van der Waals surface area (Å²) in [5, 5.41) is 13.5. The van der Waals surface area contributed by atoms with Gasteiger partial charge in [-0.3, -0.25) is 0 Å². The van der Waals surface area contributed by atoms with Crippen LogP contribution in [0.2, 0.25) is 0 Å². The Labute approximate surface area is 156 Å². The summed E-state index contributed by atoms with van der Waals surface area (Å²) in [5.74, 6) is -2.39. The highest BCUT2D eigenvalue weighted by molar-refractivity contribution is 5.90. The molecule has 0 spiro atoms. The van der Waals surface area contributed by atoms with E-state index in [0.29, 0.717) is 4.68 Å². The number of halogens is 4. The van der Waals surface area contributed by atoms with Gasteiger partial charge in [0.1, 0.15) is 17.1 Å². The van der Waals surface area contributed by atoms with E-state index in [1.807, 2.05) is 0 Å². The van der Waals surface area contributed by atoms with Crippen LogP contribution in [0.4, 0.5) is 17.6 Å². The molecule has 0 aliphatic carbocycles. The molecule has 0 aliphatic rings. The average Bonchev–Trinajstić information content (AvgIpc) is 3.10. The van der Waals surface area contributed by atoms with Crippen molar-refractivity contribution in [2.24, 2.45) is 0 Å². The van der Waals surface area contributed by atoms with Crippen molar-refractivity contribution in [3.8, 4) is 22.8 Å². The maximum Gasteiger partial charge on any atom is 0.434 e. The fourth-order valence-corrected chi connectivity index (χ4v) is 2.56.